The molecule has 0 saturated heterocycles. The van der Waals surface area contributed by atoms with Gasteiger partial charge in [0.1, 0.15) is 5.78 Å². The monoisotopic (exact) mass is 556 g/mol. The summed E-state index contributed by atoms with van der Waals surface area (Å²) in [5.74, 6) is -60.9. The van der Waals surface area contributed by atoms with Gasteiger partial charge in [0.05, 0.1) is 6.42 Å². The van der Waals surface area contributed by atoms with Crippen molar-refractivity contribution in [2.45, 2.75) is 79.7 Å². The highest BCUT2D eigenvalue weighted by molar-refractivity contribution is 5.82. The lowest BCUT2D eigenvalue weighted by Gasteiger charge is -2.42. The first kappa shape index (κ1) is 29.7. The molecule has 18 heteroatoms. The molecule has 0 aromatic heterocycles. The standard InChI is InChI=1S/C17H13F17O/c18-10(19,5-9(35)8-4-6-1-2-7(8)3-6)11(20,21)12(22,23)13(24,25)14(26,27)15(28,29)16(30,31)17(32,33)34/h6-8H,1-5H2. The van der Waals surface area contributed by atoms with Gasteiger partial charge in [-0.25, -0.2) is 0 Å². The summed E-state index contributed by atoms with van der Waals surface area (Å²) in [5.41, 5.74) is 0. The number of rotatable bonds is 9. The first-order valence-electron chi connectivity index (χ1n) is 9.45. The average Bonchev–Trinajstić information content (AvgIpc) is 3.29. The van der Waals surface area contributed by atoms with Crippen molar-refractivity contribution in [2.75, 3.05) is 0 Å². The molecule has 2 bridgehead atoms. The van der Waals surface area contributed by atoms with Crippen molar-refractivity contribution in [1.29, 1.82) is 0 Å². The zero-order valence-corrected chi connectivity index (χ0v) is 16.6. The fourth-order valence-electron chi connectivity index (χ4n) is 4.30. The summed E-state index contributed by atoms with van der Waals surface area (Å²) < 4.78 is 225. The average molecular weight is 556 g/mol. The minimum absolute atomic E-state index is 0.158. The molecular formula is C17H13F17O. The Morgan fingerprint density at radius 1 is 0.543 bits per heavy atom. The second-order valence-corrected chi connectivity index (χ2v) is 8.57. The van der Waals surface area contributed by atoms with E-state index in [1.54, 1.807) is 0 Å². The molecule has 0 heterocycles. The number of carbonyl (C=O) groups is 1. The van der Waals surface area contributed by atoms with Gasteiger partial charge in [-0.3, -0.25) is 4.79 Å². The van der Waals surface area contributed by atoms with Crippen LogP contribution in [0.1, 0.15) is 32.1 Å². The van der Waals surface area contributed by atoms with Crippen LogP contribution < -0.4 is 0 Å². The van der Waals surface area contributed by atoms with Crippen LogP contribution >= 0.6 is 0 Å². The predicted octanol–water partition coefficient (Wildman–Crippen LogP) is 7.39. The number of fused-ring (bicyclic) bond motifs is 2. The van der Waals surface area contributed by atoms with E-state index in [2.05, 4.69) is 0 Å². The Morgan fingerprint density at radius 3 is 1.29 bits per heavy atom. The van der Waals surface area contributed by atoms with Crippen LogP contribution in [0.5, 0.6) is 0 Å². The summed E-state index contributed by atoms with van der Waals surface area (Å²) in [7, 11) is 0. The van der Waals surface area contributed by atoms with Crippen molar-refractivity contribution in [3.63, 3.8) is 0 Å². The number of hydrogen-bond donors (Lipinski definition) is 0. The summed E-state index contributed by atoms with van der Waals surface area (Å²) in [6.07, 6.45) is -9.87. The van der Waals surface area contributed by atoms with Gasteiger partial charge >= 0.3 is 47.6 Å². The molecule has 2 aliphatic rings. The van der Waals surface area contributed by atoms with Gasteiger partial charge in [0.15, 0.2) is 0 Å². The molecule has 2 aliphatic carbocycles. The predicted molar refractivity (Wildman–Crippen MR) is 79.2 cm³/mol. The molecule has 2 fully saturated rings. The van der Waals surface area contributed by atoms with E-state index in [4.69, 9.17) is 0 Å². The fraction of sp³-hybridized carbons (Fsp3) is 0.941. The highest BCUT2D eigenvalue weighted by atomic mass is 19.4. The van der Waals surface area contributed by atoms with Crippen LogP contribution in [0, 0.1) is 17.8 Å². The number of carbonyl (C=O) groups excluding carboxylic acids is 1. The SMILES string of the molecule is O=C(CC(F)(F)C(F)(F)C(F)(F)C(F)(F)C(F)(F)C(F)(F)C(F)(F)C(F)(F)F)C1CC2CCC1C2. The fourth-order valence-corrected chi connectivity index (χ4v) is 4.30. The van der Waals surface area contributed by atoms with Crippen LogP contribution in [0.3, 0.4) is 0 Å². The lowest BCUT2D eigenvalue weighted by atomic mass is 9.82. The minimum atomic E-state index is -8.66. The molecule has 3 unspecified atom stereocenters. The van der Waals surface area contributed by atoms with Crippen LogP contribution in [0.15, 0.2) is 0 Å². The van der Waals surface area contributed by atoms with Crippen LogP contribution in [0.25, 0.3) is 0 Å². The molecule has 0 radical (unpaired) electrons. The summed E-state index contributed by atoms with van der Waals surface area (Å²) in [4.78, 5) is 11.9. The zero-order chi connectivity index (χ0) is 27.8. The molecule has 0 aromatic rings. The van der Waals surface area contributed by atoms with Gasteiger partial charge in [-0.15, -0.1) is 0 Å². The van der Waals surface area contributed by atoms with Crippen molar-refractivity contribution in [2.24, 2.45) is 17.8 Å². The Kier molecular flexibility index (Phi) is 6.78. The third-order valence-corrected chi connectivity index (χ3v) is 6.33. The largest absolute Gasteiger partial charge is 0.460 e. The number of halogens is 17. The quantitative estimate of drug-likeness (QED) is 0.271. The lowest BCUT2D eigenvalue weighted by Crippen LogP contribution is -2.74. The second kappa shape index (κ2) is 7.99. The van der Waals surface area contributed by atoms with Crippen molar-refractivity contribution >= 4 is 5.78 Å². The highest BCUT2D eigenvalue weighted by Crippen LogP contribution is 2.64. The molecule has 0 spiro atoms. The van der Waals surface area contributed by atoms with Gasteiger partial charge in [0, 0.05) is 5.92 Å². The normalized spacial score (nSPS) is 25.3. The maximum Gasteiger partial charge on any atom is 0.460 e. The van der Waals surface area contributed by atoms with E-state index in [-0.39, 0.29) is 25.2 Å². The van der Waals surface area contributed by atoms with E-state index in [9.17, 15) is 79.4 Å². The topological polar surface area (TPSA) is 17.1 Å². The summed E-state index contributed by atoms with van der Waals surface area (Å²) in [6, 6.07) is 0. The van der Waals surface area contributed by atoms with Crippen molar-refractivity contribution in [3.05, 3.63) is 0 Å². The molecule has 0 aromatic carbocycles. The van der Waals surface area contributed by atoms with Gasteiger partial charge in [-0.05, 0) is 31.1 Å². The highest BCUT2D eigenvalue weighted by Gasteiger charge is 2.95. The van der Waals surface area contributed by atoms with Crippen LogP contribution in [0.4, 0.5) is 74.6 Å². The molecule has 1 nitrogen and oxygen atoms in total. The van der Waals surface area contributed by atoms with Gasteiger partial charge in [-0.2, -0.15) is 74.6 Å². The van der Waals surface area contributed by atoms with E-state index in [1.807, 2.05) is 0 Å². The Hall–Kier alpha value is -1.52. The van der Waals surface area contributed by atoms with Crippen molar-refractivity contribution < 1.29 is 79.4 Å². The van der Waals surface area contributed by atoms with E-state index >= 15 is 0 Å². The van der Waals surface area contributed by atoms with Gasteiger partial charge in [-0.1, -0.05) is 6.42 Å². The summed E-state index contributed by atoms with van der Waals surface area (Å²) in [6.45, 7) is 0. The first-order valence-corrected chi connectivity index (χ1v) is 9.45. The molecule has 0 amide bonds. The Labute approximate surface area is 184 Å². The molecule has 2 rings (SSSR count). The Balaban J connectivity index is 2.43. The number of Topliss-reactive ketones (excluding diaryl/α,β-unsaturated/α-hetero) is 1. The third-order valence-electron chi connectivity index (χ3n) is 6.33. The summed E-state index contributed by atoms with van der Waals surface area (Å²) in [5, 5.41) is 0. The van der Waals surface area contributed by atoms with Crippen molar-refractivity contribution in [1.82, 2.24) is 0 Å². The smallest absolute Gasteiger partial charge is 0.299 e. The van der Waals surface area contributed by atoms with Gasteiger partial charge in [0.2, 0.25) is 0 Å². The van der Waals surface area contributed by atoms with Crippen LogP contribution in [0.2, 0.25) is 0 Å². The van der Waals surface area contributed by atoms with Crippen LogP contribution in [-0.4, -0.2) is 53.4 Å². The first-order chi connectivity index (χ1) is 15.2. The second-order valence-electron chi connectivity index (χ2n) is 8.57. The molecule has 2 saturated carbocycles. The molecule has 35 heavy (non-hydrogen) atoms. The van der Waals surface area contributed by atoms with Crippen molar-refractivity contribution in [3.8, 4) is 0 Å². The minimum Gasteiger partial charge on any atom is -0.299 e. The third kappa shape index (κ3) is 3.94. The number of alkyl halides is 17. The number of hydrogen-bond acceptors (Lipinski definition) is 1. The van der Waals surface area contributed by atoms with E-state index in [1.165, 1.54) is 0 Å². The maximum absolute atomic E-state index is 13.9. The molecule has 0 aliphatic heterocycles. The molecule has 206 valence electrons. The Bertz CT molecular complexity index is 827. The van der Waals surface area contributed by atoms with E-state index in [0.29, 0.717) is 6.42 Å². The summed E-state index contributed by atoms with van der Waals surface area (Å²) >= 11 is 0. The molecule has 0 N–H and O–H groups in total. The molecular weight excluding hydrogens is 543 g/mol. The van der Waals surface area contributed by atoms with Gasteiger partial charge in [0.25, 0.3) is 0 Å². The zero-order valence-electron chi connectivity index (χ0n) is 16.6. The van der Waals surface area contributed by atoms with Gasteiger partial charge < -0.3 is 0 Å². The lowest BCUT2D eigenvalue weighted by molar-refractivity contribution is -0.461. The van der Waals surface area contributed by atoms with E-state index in [0.717, 1.165) is 0 Å². The Morgan fingerprint density at radius 2 is 0.943 bits per heavy atom. The van der Waals surface area contributed by atoms with E-state index < -0.39 is 71.7 Å². The van der Waals surface area contributed by atoms with Crippen LogP contribution in [-0.2, 0) is 4.79 Å². The maximum atomic E-state index is 13.9. The molecule has 3 atom stereocenters. The number of ketones is 1.